The zero-order valence-electron chi connectivity index (χ0n) is 8.62. The molecule has 2 atom stereocenters. The Hall–Kier alpha value is -0.120. The molecule has 2 fully saturated rings. The molecule has 0 spiro atoms. The summed E-state index contributed by atoms with van der Waals surface area (Å²) >= 11 is 0. The van der Waals surface area contributed by atoms with Crippen LogP contribution in [0.15, 0.2) is 0 Å². The van der Waals surface area contributed by atoms with Crippen LogP contribution in [0, 0.1) is 0 Å². The van der Waals surface area contributed by atoms with Crippen molar-refractivity contribution in [2.45, 2.75) is 37.5 Å². The second kappa shape index (κ2) is 3.95. The summed E-state index contributed by atoms with van der Waals surface area (Å²) in [6.07, 6.45) is 4.42. The largest absolute Gasteiger partial charge is 0.380 e. The molecule has 2 rings (SSSR count). The van der Waals surface area contributed by atoms with Crippen molar-refractivity contribution in [1.82, 2.24) is 10.2 Å². The summed E-state index contributed by atoms with van der Waals surface area (Å²) in [7, 11) is 4.04. The number of nitrogens with zero attached hydrogens (tertiary/aromatic N) is 1. The van der Waals surface area contributed by atoms with E-state index in [4.69, 9.17) is 4.74 Å². The van der Waals surface area contributed by atoms with Crippen LogP contribution in [0.2, 0.25) is 0 Å². The Morgan fingerprint density at radius 2 is 2.23 bits per heavy atom. The minimum atomic E-state index is 0.442. The van der Waals surface area contributed by atoms with Crippen molar-refractivity contribution in [3.63, 3.8) is 0 Å². The van der Waals surface area contributed by atoms with Gasteiger partial charge in [0.1, 0.15) is 0 Å². The molecule has 0 amide bonds. The van der Waals surface area contributed by atoms with Gasteiger partial charge in [0.25, 0.3) is 0 Å². The van der Waals surface area contributed by atoms with E-state index in [0.717, 1.165) is 12.6 Å². The smallest absolute Gasteiger partial charge is 0.0711 e. The van der Waals surface area contributed by atoms with Crippen LogP contribution in [0.25, 0.3) is 0 Å². The number of rotatable bonds is 4. The highest BCUT2D eigenvalue weighted by Crippen LogP contribution is 2.26. The fourth-order valence-electron chi connectivity index (χ4n) is 2.11. The minimum Gasteiger partial charge on any atom is -0.380 e. The zero-order chi connectivity index (χ0) is 9.26. The van der Waals surface area contributed by atoms with Gasteiger partial charge < -0.3 is 15.0 Å². The predicted molar refractivity (Wildman–Crippen MR) is 52.9 cm³/mol. The Bertz CT molecular complexity index is 170. The van der Waals surface area contributed by atoms with Crippen LogP contribution in [0.4, 0.5) is 0 Å². The summed E-state index contributed by atoms with van der Waals surface area (Å²) in [5, 5.41) is 3.50. The van der Waals surface area contributed by atoms with Crippen molar-refractivity contribution < 1.29 is 4.74 Å². The predicted octanol–water partition coefficient (Wildman–Crippen LogP) is 0.457. The standard InChI is InChI=1S/C10H20N2O/c1-12(9-3-4-9)7-8-5-10(13-2)6-11-8/h8-11H,3-7H2,1-2H3/t8-,10-/m0/s1. The van der Waals surface area contributed by atoms with Crippen LogP contribution >= 0.6 is 0 Å². The van der Waals surface area contributed by atoms with Gasteiger partial charge in [-0.2, -0.15) is 0 Å². The molecule has 13 heavy (non-hydrogen) atoms. The van der Waals surface area contributed by atoms with Gasteiger partial charge >= 0.3 is 0 Å². The Morgan fingerprint density at radius 1 is 1.46 bits per heavy atom. The monoisotopic (exact) mass is 184 g/mol. The van der Waals surface area contributed by atoms with Crippen molar-refractivity contribution in [2.75, 3.05) is 27.2 Å². The lowest BCUT2D eigenvalue weighted by Gasteiger charge is -2.20. The first kappa shape index (κ1) is 9.44. The number of hydrogen-bond donors (Lipinski definition) is 1. The molecule has 1 saturated heterocycles. The molecule has 1 aliphatic carbocycles. The van der Waals surface area contributed by atoms with E-state index in [1.54, 1.807) is 7.11 Å². The second-order valence-electron chi connectivity index (χ2n) is 4.37. The molecule has 0 bridgehead atoms. The average molecular weight is 184 g/mol. The maximum atomic E-state index is 5.32. The van der Waals surface area contributed by atoms with Gasteiger partial charge in [-0.15, -0.1) is 0 Å². The van der Waals surface area contributed by atoms with Gasteiger partial charge in [0.15, 0.2) is 0 Å². The summed E-state index contributed by atoms with van der Waals surface area (Å²) in [5.74, 6) is 0. The minimum absolute atomic E-state index is 0.442. The average Bonchev–Trinajstić information content (AvgIpc) is 2.88. The highest BCUT2D eigenvalue weighted by atomic mass is 16.5. The van der Waals surface area contributed by atoms with Crippen molar-refractivity contribution in [3.05, 3.63) is 0 Å². The van der Waals surface area contributed by atoms with Crippen LogP contribution in [-0.4, -0.2) is 50.3 Å². The van der Waals surface area contributed by atoms with Gasteiger partial charge in [0.2, 0.25) is 0 Å². The first-order valence-corrected chi connectivity index (χ1v) is 5.26. The summed E-state index contributed by atoms with van der Waals surface area (Å²) in [4.78, 5) is 2.48. The SMILES string of the molecule is CO[C@@H]1CN[C@H](CN(C)C2CC2)C1. The van der Waals surface area contributed by atoms with Crippen molar-refractivity contribution in [1.29, 1.82) is 0 Å². The Balaban J connectivity index is 1.70. The molecule has 2 aliphatic rings. The van der Waals surface area contributed by atoms with Crippen LogP contribution in [0.5, 0.6) is 0 Å². The third-order valence-corrected chi connectivity index (χ3v) is 3.19. The Labute approximate surface area is 80.4 Å². The molecule has 3 heteroatoms. The molecule has 1 N–H and O–H groups in total. The number of likely N-dealkylation sites (N-methyl/N-ethyl adjacent to an activating group) is 1. The van der Waals surface area contributed by atoms with E-state index in [1.807, 2.05) is 0 Å². The Morgan fingerprint density at radius 3 is 2.77 bits per heavy atom. The summed E-state index contributed by atoms with van der Waals surface area (Å²) < 4.78 is 5.32. The maximum Gasteiger partial charge on any atom is 0.0711 e. The number of ether oxygens (including phenoxy) is 1. The first-order valence-electron chi connectivity index (χ1n) is 5.26. The van der Waals surface area contributed by atoms with Gasteiger partial charge in [-0.05, 0) is 26.3 Å². The molecular weight excluding hydrogens is 164 g/mol. The number of nitrogens with one attached hydrogen (secondary N) is 1. The second-order valence-corrected chi connectivity index (χ2v) is 4.37. The third-order valence-electron chi connectivity index (χ3n) is 3.19. The molecule has 0 aromatic heterocycles. The normalized spacial score (nSPS) is 34.4. The van der Waals surface area contributed by atoms with Gasteiger partial charge in [0.05, 0.1) is 6.10 Å². The highest BCUT2D eigenvalue weighted by molar-refractivity contribution is 4.89. The van der Waals surface area contributed by atoms with E-state index in [9.17, 15) is 0 Å². The van der Waals surface area contributed by atoms with E-state index >= 15 is 0 Å². The van der Waals surface area contributed by atoms with Gasteiger partial charge in [-0.1, -0.05) is 0 Å². The molecule has 0 unspecified atom stereocenters. The van der Waals surface area contributed by atoms with Crippen LogP contribution in [-0.2, 0) is 4.74 Å². The summed E-state index contributed by atoms with van der Waals surface area (Å²) in [6.45, 7) is 2.21. The molecular formula is C10H20N2O. The topological polar surface area (TPSA) is 24.5 Å². The first-order chi connectivity index (χ1) is 6.29. The van der Waals surface area contributed by atoms with Crippen LogP contribution in [0.3, 0.4) is 0 Å². The lowest BCUT2D eigenvalue weighted by Crippen LogP contribution is -2.36. The molecule has 0 aromatic carbocycles. The van der Waals surface area contributed by atoms with E-state index in [2.05, 4.69) is 17.3 Å². The molecule has 0 radical (unpaired) electrons. The van der Waals surface area contributed by atoms with E-state index in [1.165, 1.54) is 25.8 Å². The maximum absolute atomic E-state index is 5.32. The molecule has 1 aliphatic heterocycles. The third kappa shape index (κ3) is 2.42. The van der Waals surface area contributed by atoms with E-state index < -0.39 is 0 Å². The number of methoxy groups -OCH3 is 1. The highest BCUT2D eigenvalue weighted by Gasteiger charge is 2.30. The van der Waals surface area contributed by atoms with E-state index in [0.29, 0.717) is 12.1 Å². The van der Waals surface area contributed by atoms with Crippen LogP contribution < -0.4 is 5.32 Å². The summed E-state index contributed by atoms with van der Waals surface area (Å²) in [5.41, 5.74) is 0. The van der Waals surface area contributed by atoms with E-state index in [-0.39, 0.29) is 0 Å². The molecule has 1 saturated carbocycles. The molecule has 3 nitrogen and oxygen atoms in total. The van der Waals surface area contributed by atoms with Crippen molar-refractivity contribution in [2.24, 2.45) is 0 Å². The van der Waals surface area contributed by atoms with Gasteiger partial charge in [0, 0.05) is 32.3 Å². The molecule has 0 aromatic rings. The zero-order valence-corrected chi connectivity index (χ0v) is 8.62. The molecule has 1 heterocycles. The number of hydrogen-bond acceptors (Lipinski definition) is 3. The fraction of sp³-hybridized carbons (Fsp3) is 1.00. The van der Waals surface area contributed by atoms with Crippen molar-refractivity contribution >= 4 is 0 Å². The Kier molecular flexibility index (Phi) is 2.86. The van der Waals surface area contributed by atoms with Crippen LogP contribution in [0.1, 0.15) is 19.3 Å². The quantitative estimate of drug-likeness (QED) is 0.687. The molecule has 76 valence electrons. The lowest BCUT2D eigenvalue weighted by molar-refractivity contribution is 0.116. The summed E-state index contributed by atoms with van der Waals surface area (Å²) in [6, 6.07) is 1.53. The van der Waals surface area contributed by atoms with Gasteiger partial charge in [-0.3, -0.25) is 0 Å². The fourth-order valence-corrected chi connectivity index (χ4v) is 2.11. The van der Waals surface area contributed by atoms with Gasteiger partial charge in [-0.25, -0.2) is 0 Å². The lowest BCUT2D eigenvalue weighted by atomic mass is 10.2. The van der Waals surface area contributed by atoms with Crippen molar-refractivity contribution in [3.8, 4) is 0 Å².